The van der Waals surface area contributed by atoms with Crippen LogP contribution < -0.4 is 0 Å². The largest absolute Gasteiger partial charge is 0.385 e. The number of aliphatic hydroxyl groups is 1. The van der Waals surface area contributed by atoms with Crippen molar-refractivity contribution in [3.05, 3.63) is 52.3 Å². The zero-order valence-electron chi connectivity index (χ0n) is 14.7. The van der Waals surface area contributed by atoms with Gasteiger partial charge in [0.25, 0.3) is 0 Å². The van der Waals surface area contributed by atoms with Gasteiger partial charge in [0.05, 0.1) is 11.3 Å². The molecule has 1 N–H and O–H groups in total. The maximum absolute atomic E-state index is 11.0. The third-order valence-corrected chi connectivity index (χ3v) is 5.33. The Bertz CT molecular complexity index is 702. The van der Waals surface area contributed by atoms with Crippen LogP contribution in [0.25, 0.3) is 0 Å². The van der Waals surface area contributed by atoms with Gasteiger partial charge >= 0.3 is 0 Å². The number of likely N-dealkylation sites (tertiary alicyclic amines) is 1. The van der Waals surface area contributed by atoms with Gasteiger partial charge in [-0.3, -0.25) is 9.58 Å². The van der Waals surface area contributed by atoms with Crippen LogP contribution in [-0.2, 0) is 12.1 Å². The van der Waals surface area contributed by atoms with Crippen LogP contribution in [0.4, 0.5) is 0 Å². The van der Waals surface area contributed by atoms with Crippen LogP contribution in [0.5, 0.6) is 0 Å². The summed E-state index contributed by atoms with van der Waals surface area (Å²) in [5, 5.41) is 16.3. The van der Waals surface area contributed by atoms with Crippen molar-refractivity contribution in [2.24, 2.45) is 0 Å². The van der Waals surface area contributed by atoms with Crippen LogP contribution in [0.1, 0.15) is 49.6 Å². The molecule has 0 bridgehead atoms. The van der Waals surface area contributed by atoms with E-state index in [2.05, 4.69) is 37.0 Å². The molecule has 24 heavy (non-hydrogen) atoms. The Morgan fingerprint density at radius 1 is 1.25 bits per heavy atom. The van der Waals surface area contributed by atoms with Gasteiger partial charge in [0.1, 0.15) is 0 Å². The first-order valence-electron chi connectivity index (χ1n) is 8.63. The Morgan fingerprint density at radius 3 is 2.50 bits per heavy atom. The fourth-order valence-corrected chi connectivity index (χ4v) is 3.68. The predicted octanol–water partition coefficient (Wildman–Crippen LogP) is 3.91. The van der Waals surface area contributed by atoms with Crippen molar-refractivity contribution in [1.82, 2.24) is 14.7 Å². The molecule has 0 saturated carbocycles. The lowest BCUT2D eigenvalue weighted by atomic mass is 9.84. The van der Waals surface area contributed by atoms with Crippen LogP contribution in [0.15, 0.2) is 30.5 Å². The lowest BCUT2D eigenvalue weighted by Gasteiger charge is -2.38. The topological polar surface area (TPSA) is 41.3 Å². The van der Waals surface area contributed by atoms with E-state index in [4.69, 9.17) is 11.6 Å². The summed E-state index contributed by atoms with van der Waals surface area (Å²) < 4.78 is 2.02. The molecule has 5 heteroatoms. The van der Waals surface area contributed by atoms with Gasteiger partial charge in [-0.15, -0.1) is 0 Å². The van der Waals surface area contributed by atoms with E-state index in [-0.39, 0.29) is 0 Å². The second-order valence-corrected chi connectivity index (χ2v) is 7.51. The molecule has 2 heterocycles. The number of nitrogens with zero attached hydrogens (tertiary/aromatic N) is 3. The molecular formula is C19H26ClN3O. The van der Waals surface area contributed by atoms with Crippen molar-refractivity contribution in [2.45, 2.75) is 51.8 Å². The standard InChI is InChI=1S/C19H26ClN3O/c1-14(2)23-13-16(15(3)21-23)12-22-10-8-19(24,9-11-22)17-6-4-5-7-18(17)20/h4-7,13-14,24H,8-12H2,1-3H3. The molecule has 0 aliphatic carbocycles. The Labute approximate surface area is 149 Å². The summed E-state index contributed by atoms with van der Waals surface area (Å²) in [4.78, 5) is 2.39. The van der Waals surface area contributed by atoms with Crippen molar-refractivity contribution in [1.29, 1.82) is 0 Å². The van der Waals surface area contributed by atoms with Crippen LogP contribution in [0, 0.1) is 6.92 Å². The van der Waals surface area contributed by atoms with Gasteiger partial charge in [-0.05, 0) is 39.7 Å². The molecule has 0 spiro atoms. The minimum atomic E-state index is -0.813. The summed E-state index contributed by atoms with van der Waals surface area (Å²) in [5.41, 5.74) is 2.41. The van der Waals surface area contributed by atoms with Crippen molar-refractivity contribution in [2.75, 3.05) is 13.1 Å². The molecule has 1 aromatic carbocycles. The monoisotopic (exact) mass is 347 g/mol. The number of rotatable bonds is 4. The minimum Gasteiger partial charge on any atom is -0.385 e. The molecule has 0 atom stereocenters. The Morgan fingerprint density at radius 2 is 1.92 bits per heavy atom. The highest BCUT2D eigenvalue weighted by molar-refractivity contribution is 6.31. The zero-order valence-corrected chi connectivity index (χ0v) is 15.4. The SMILES string of the molecule is Cc1nn(C(C)C)cc1CN1CCC(O)(c2ccccc2Cl)CC1. The summed E-state index contributed by atoms with van der Waals surface area (Å²) in [6, 6.07) is 8.01. The molecule has 0 unspecified atom stereocenters. The first kappa shape index (κ1) is 17.5. The number of aryl methyl sites for hydroxylation is 1. The number of hydrogen-bond acceptors (Lipinski definition) is 3. The van der Waals surface area contributed by atoms with Gasteiger partial charge in [0, 0.05) is 48.0 Å². The molecule has 0 radical (unpaired) electrons. The molecule has 2 aromatic rings. The molecular weight excluding hydrogens is 322 g/mol. The molecule has 1 fully saturated rings. The first-order valence-corrected chi connectivity index (χ1v) is 9.01. The van der Waals surface area contributed by atoms with Gasteiger partial charge in [-0.2, -0.15) is 5.10 Å². The maximum Gasteiger partial charge on any atom is 0.0935 e. The molecule has 1 saturated heterocycles. The Kier molecular flexibility index (Phi) is 5.00. The first-order chi connectivity index (χ1) is 11.4. The zero-order chi connectivity index (χ0) is 17.3. The van der Waals surface area contributed by atoms with Crippen molar-refractivity contribution < 1.29 is 5.11 Å². The smallest absolute Gasteiger partial charge is 0.0935 e. The van der Waals surface area contributed by atoms with E-state index in [1.54, 1.807) is 0 Å². The molecule has 0 amide bonds. The van der Waals surface area contributed by atoms with Gasteiger partial charge in [-0.25, -0.2) is 0 Å². The summed E-state index contributed by atoms with van der Waals surface area (Å²) in [6.45, 7) is 8.94. The average molecular weight is 348 g/mol. The molecule has 130 valence electrons. The summed E-state index contributed by atoms with van der Waals surface area (Å²) in [6.07, 6.45) is 3.55. The van der Waals surface area contributed by atoms with Crippen LogP contribution >= 0.6 is 11.6 Å². The van der Waals surface area contributed by atoms with E-state index in [0.717, 1.165) is 30.9 Å². The molecule has 1 aliphatic heterocycles. The van der Waals surface area contributed by atoms with Crippen molar-refractivity contribution in [3.8, 4) is 0 Å². The quantitative estimate of drug-likeness (QED) is 0.911. The van der Waals surface area contributed by atoms with E-state index in [1.165, 1.54) is 5.56 Å². The van der Waals surface area contributed by atoms with Crippen LogP contribution in [0.2, 0.25) is 5.02 Å². The summed E-state index contributed by atoms with van der Waals surface area (Å²) in [7, 11) is 0. The van der Waals surface area contributed by atoms with E-state index in [9.17, 15) is 5.11 Å². The number of aromatic nitrogens is 2. The minimum absolute atomic E-state index is 0.379. The number of benzene rings is 1. The number of piperidine rings is 1. The normalized spacial score (nSPS) is 18.2. The van der Waals surface area contributed by atoms with E-state index < -0.39 is 5.60 Å². The van der Waals surface area contributed by atoms with E-state index in [0.29, 0.717) is 23.9 Å². The highest BCUT2D eigenvalue weighted by atomic mass is 35.5. The van der Waals surface area contributed by atoms with Gasteiger partial charge in [-0.1, -0.05) is 29.8 Å². The number of halogens is 1. The fraction of sp³-hybridized carbons (Fsp3) is 0.526. The second-order valence-electron chi connectivity index (χ2n) is 7.10. The molecule has 3 rings (SSSR count). The lowest BCUT2D eigenvalue weighted by molar-refractivity contribution is -0.0276. The predicted molar refractivity (Wildman–Crippen MR) is 97.2 cm³/mol. The maximum atomic E-state index is 11.0. The Hall–Kier alpha value is -1.36. The van der Waals surface area contributed by atoms with Gasteiger partial charge in [0.15, 0.2) is 0 Å². The van der Waals surface area contributed by atoms with E-state index in [1.807, 2.05) is 28.9 Å². The number of hydrogen-bond donors (Lipinski definition) is 1. The third kappa shape index (κ3) is 3.51. The fourth-order valence-electron chi connectivity index (χ4n) is 3.37. The van der Waals surface area contributed by atoms with Crippen molar-refractivity contribution in [3.63, 3.8) is 0 Å². The molecule has 1 aliphatic rings. The van der Waals surface area contributed by atoms with Crippen molar-refractivity contribution >= 4 is 11.6 Å². The highest BCUT2D eigenvalue weighted by Gasteiger charge is 2.35. The van der Waals surface area contributed by atoms with Crippen LogP contribution in [0.3, 0.4) is 0 Å². The summed E-state index contributed by atoms with van der Waals surface area (Å²) >= 11 is 6.28. The summed E-state index contributed by atoms with van der Waals surface area (Å²) in [5.74, 6) is 0. The molecule has 4 nitrogen and oxygen atoms in total. The highest BCUT2D eigenvalue weighted by Crippen LogP contribution is 2.37. The van der Waals surface area contributed by atoms with Crippen LogP contribution in [-0.4, -0.2) is 32.9 Å². The average Bonchev–Trinajstić information content (AvgIpc) is 2.91. The molecule has 1 aromatic heterocycles. The van der Waals surface area contributed by atoms with E-state index >= 15 is 0 Å². The van der Waals surface area contributed by atoms with Gasteiger partial charge in [0.2, 0.25) is 0 Å². The van der Waals surface area contributed by atoms with Gasteiger partial charge < -0.3 is 5.11 Å². The Balaban J connectivity index is 1.66. The lowest BCUT2D eigenvalue weighted by Crippen LogP contribution is -2.42. The third-order valence-electron chi connectivity index (χ3n) is 5.00. The second kappa shape index (κ2) is 6.87.